The Hall–Kier alpha value is -7.98. The molecular formula is C66H47NOS. The first-order valence-electron chi connectivity index (χ1n) is 24.1. The molecule has 14 rings (SSSR count). The van der Waals surface area contributed by atoms with Crippen molar-refractivity contribution in [2.24, 2.45) is 0 Å². The van der Waals surface area contributed by atoms with E-state index in [1.807, 2.05) is 17.4 Å². The summed E-state index contributed by atoms with van der Waals surface area (Å²) in [4.78, 5) is 2.51. The molecule has 0 spiro atoms. The molecule has 0 saturated heterocycles. The average molecular weight is 902 g/mol. The second-order valence-electron chi connectivity index (χ2n) is 20.0. The van der Waals surface area contributed by atoms with Crippen molar-refractivity contribution in [2.75, 3.05) is 4.90 Å². The predicted octanol–water partition coefficient (Wildman–Crippen LogP) is 19.0. The number of nitrogens with zero attached hydrogens (tertiary/aromatic N) is 1. The van der Waals surface area contributed by atoms with E-state index in [0.29, 0.717) is 0 Å². The quantitative estimate of drug-likeness (QED) is 0.165. The molecule has 0 aliphatic heterocycles. The highest BCUT2D eigenvalue weighted by molar-refractivity contribution is 7.25. The fourth-order valence-electron chi connectivity index (χ4n) is 12.0. The molecule has 2 aliphatic carbocycles. The second kappa shape index (κ2) is 14.8. The standard InChI is InChI=1S/C66H47NOS/c1-65(2)54-21-9-5-18-51(54)63-56(65)22-14-24-59(63)67(58-23-10-6-15-45(58)42-31-36-62-53(38-42)49-17-8-12-26-61(49)69-62)44-32-27-40(28-33-44)41-30-35-55-52(37-41)47-34-29-43(39-57(47)66(55,3)4)46-19-13-20-50-48-16-7-11-25-60(48)68-64(46)50/h5-39H,1-4H3. The molecule has 69 heavy (non-hydrogen) atoms. The van der Waals surface area contributed by atoms with Gasteiger partial charge in [0, 0.05) is 64.2 Å². The molecule has 0 bridgehead atoms. The fraction of sp³-hybridized carbons (Fsp3) is 0.0909. The number of para-hydroxylation sites is 3. The summed E-state index contributed by atoms with van der Waals surface area (Å²) >= 11 is 1.87. The van der Waals surface area contributed by atoms with Gasteiger partial charge >= 0.3 is 0 Å². The molecule has 0 saturated carbocycles. The van der Waals surface area contributed by atoms with Crippen molar-refractivity contribution in [3.63, 3.8) is 0 Å². The Morgan fingerprint density at radius 2 is 0.971 bits per heavy atom. The molecule has 0 amide bonds. The summed E-state index contributed by atoms with van der Waals surface area (Å²) < 4.78 is 9.13. The number of rotatable bonds is 6. The molecule has 2 aliphatic rings. The average Bonchev–Trinajstić information content (AvgIpc) is 4.09. The van der Waals surface area contributed by atoms with Crippen molar-refractivity contribution < 1.29 is 4.42 Å². The number of hydrogen-bond donors (Lipinski definition) is 0. The van der Waals surface area contributed by atoms with E-state index < -0.39 is 0 Å². The van der Waals surface area contributed by atoms with Gasteiger partial charge in [0.25, 0.3) is 0 Å². The van der Waals surface area contributed by atoms with Crippen molar-refractivity contribution in [3.05, 3.63) is 235 Å². The Balaban J connectivity index is 0.886. The largest absolute Gasteiger partial charge is 0.455 e. The first-order chi connectivity index (χ1) is 33.7. The van der Waals surface area contributed by atoms with Crippen molar-refractivity contribution >= 4 is 70.5 Å². The van der Waals surface area contributed by atoms with Crippen LogP contribution in [0.5, 0.6) is 0 Å². The van der Waals surface area contributed by atoms with Gasteiger partial charge in [-0.2, -0.15) is 0 Å². The summed E-state index contributed by atoms with van der Waals surface area (Å²) in [7, 11) is 0. The third kappa shape index (κ3) is 5.90. The van der Waals surface area contributed by atoms with Crippen LogP contribution in [0, 0.1) is 0 Å². The zero-order valence-corrected chi connectivity index (χ0v) is 39.8. The third-order valence-corrected chi connectivity index (χ3v) is 16.7. The Labute approximate surface area is 406 Å². The van der Waals surface area contributed by atoms with E-state index in [2.05, 4.69) is 239 Å². The number of hydrogen-bond acceptors (Lipinski definition) is 3. The highest BCUT2D eigenvalue weighted by Crippen LogP contribution is 2.56. The van der Waals surface area contributed by atoms with Gasteiger partial charge < -0.3 is 9.32 Å². The molecule has 0 N–H and O–H groups in total. The van der Waals surface area contributed by atoms with Crippen molar-refractivity contribution in [3.8, 4) is 55.6 Å². The summed E-state index contributed by atoms with van der Waals surface area (Å²) in [6.45, 7) is 9.47. The summed E-state index contributed by atoms with van der Waals surface area (Å²) in [5, 5.41) is 4.92. The molecule has 10 aromatic carbocycles. The molecule has 0 radical (unpaired) electrons. The number of benzene rings is 10. The number of anilines is 3. The van der Waals surface area contributed by atoms with Crippen LogP contribution in [-0.4, -0.2) is 0 Å². The first kappa shape index (κ1) is 40.1. The maximum atomic E-state index is 6.50. The summed E-state index contributed by atoms with van der Waals surface area (Å²) in [6.07, 6.45) is 0. The highest BCUT2D eigenvalue weighted by atomic mass is 32.1. The molecule has 0 unspecified atom stereocenters. The van der Waals surface area contributed by atoms with Crippen molar-refractivity contribution in [1.29, 1.82) is 0 Å². The maximum absolute atomic E-state index is 6.50. The van der Waals surface area contributed by atoms with Gasteiger partial charge in [-0.3, -0.25) is 0 Å². The third-order valence-electron chi connectivity index (χ3n) is 15.5. The van der Waals surface area contributed by atoms with Gasteiger partial charge in [0.2, 0.25) is 0 Å². The minimum Gasteiger partial charge on any atom is -0.455 e. The Bertz CT molecular complexity index is 4090. The SMILES string of the molecule is CC1(C)c2ccc(-c3ccc(N(c4ccccc4-c4ccc5sc6ccccc6c5c4)c4cccc5c4-c4ccccc4C5(C)C)cc3)cc2-c2ccc(-c3cccc4c3oc3ccccc34)cc21. The van der Waals surface area contributed by atoms with Crippen LogP contribution >= 0.6 is 11.3 Å². The Kier molecular flexibility index (Phi) is 8.58. The normalized spacial score (nSPS) is 14.0. The summed E-state index contributed by atoms with van der Waals surface area (Å²) in [5.41, 5.74) is 22.7. The molecule has 2 heterocycles. The van der Waals surface area contributed by atoms with Crippen LogP contribution in [0.4, 0.5) is 17.1 Å². The van der Waals surface area contributed by atoms with Gasteiger partial charge in [-0.25, -0.2) is 0 Å². The van der Waals surface area contributed by atoms with E-state index in [-0.39, 0.29) is 10.8 Å². The van der Waals surface area contributed by atoms with Crippen LogP contribution in [-0.2, 0) is 10.8 Å². The van der Waals surface area contributed by atoms with Crippen LogP contribution in [0.3, 0.4) is 0 Å². The lowest BCUT2D eigenvalue weighted by Crippen LogP contribution is -2.16. The molecule has 0 atom stereocenters. The first-order valence-corrected chi connectivity index (χ1v) is 24.9. The van der Waals surface area contributed by atoms with Crippen LogP contribution in [0.25, 0.3) is 97.7 Å². The predicted molar refractivity (Wildman–Crippen MR) is 293 cm³/mol. The van der Waals surface area contributed by atoms with E-state index in [0.717, 1.165) is 38.9 Å². The molecule has 0 fully saturated rings. The van der Waals surface area contributed by atoms with Gasteiger partial charge in [0.15, 0.2) is 0 Å². The van der Waals surface area contributed by atoms with Gasteiger partial charge in [0.05, 0.1) is 11.4 Å². The molecule has 2 aromatic heterocycles. The zero-order valence-electron chi connectivity index (χ0n) is 39.0. The van der Waals surface area contributed by atoms with Crippen molar-refractivity contribution in [1.82, 2.24) is 0 Å². The molecular weight excluding hydrogens is 855 g/mol. The molecule has 328 valence electrons. The van der Waals surface area contributed by atoms with E-state index in [4.69, 9.17) is 4.42 Å². The van der Waals surface area contributed by atoms with Crippen LogP contribution in [0.2, 0.25) is 0 Å². The number of thiophene rings is 1. The van der Waals surface area contributed by atoms with E-state index in [1.54, 1.807) is 0 Å². The van der Waals surface area contributed by atoms with E-state index in [1.165, 1.54) is 98.2 Å². The zero-order chi connectivity index (χ0) is 46.2. The van der Waals surface area contributed by atoms with E-state index >= 15 is 0 Å². The summed E-state index contributed by atoms with van der Waals surface area (Å²) in [6, 6.07) is 78.9. The highest BCUT2D eigenvalue weighted by Gasteiger charge is 2.39. The lowest BCUT2D eigenvalue weighted by atomic mass is 9.81. The minimum atomic E-state index is -0.164. The van der Waals surface area contributed by atoms with Crippen LogP contribution in [0.1, 0.15) is 49.9 Å². The van der Waals surface area contributed by atoms with E-state index in [9.17, 15) is 0 Å². The lowest BCUT2D eigenvalue weighted by molar-refractivity contribution is 0.660. The Morgan fingerprint density at radius 1 is 0.362 bits per heavy atom. The lowest BCUT2D eigenvalue weighted by Gasteiger charge is -2.30. The molecule has 3 heteroatoms. The summed E-state index contributed by atoms with van der Waals surface area (Å²) in [5.74, 6) is 0. The van der Waals surface area contributed by atoms with Gasteiger partial charge in [-0.15, -0.1) is 11.3 Å². The van der Waals surface area contributed by atoms with Crippen LogP contribution in [0.15, 0.2) is 217 Å². The Morgan fingerprint density at radius 3 is 1.86 bits per heavy atom. The van der Waals surface area contributed by atoms with Gasteiger partial charge in [0.1, 0.15) is 11.2 Å². The maximum Gasteiger partial charge on any atom is 0.143 e. The van der Waals surface area contributed by atoms with Crippen LogP contribution < -0.4 is 4.90 Å². The minimum absolute atomic E-state index is 0.132. The molecule has 2 nitrogen and oxygen atoms in total. The van der Waals surface area contributed by atoms with Gasteiger partial charge in [-0.05, 0) is 122 Å². The number of furan rings is 1. The fourth-order valence-corrected chi connectivity index (χ4v) is 13.1. The monoisotopic (exact) mass is 901 g/mol. The topological polar surface area (TPSA) is 16.4 Å². The second-order valence-corrected chi connectivity index (χ2v) is 21.1. The smallest absolute Gasteiger partial charge is 0.143 e. The van der Waals surface area contributed by atoms with Crippen molar-refractivity contribution in [2.45, 2.75) is 38.5 Å². The molecule has 12 aromatic rings. The van der Waals surface area contributed by atoms with Gasteiger partial charge in [-0.1, -0.05) is 179 Å². The number of fused-ring (bicyclic) bond motifs is 12.